The molecule has 1 heterocycles. The number of hydrogen-bond donors (Lipinski definition) is 2. The molecule has 1 saturated heterocycles. The van der Waals surface area contributed by atoms with Crippen molar-refractivity contribution in [3.63, 3.8) is 0 Å². The van der Waals surface area contributed by atoms with Crippen LogP contribution in [0.3, 0.4) is 0 Å². The van der Waals surface area contributed by atoms with Crippen molar-refractivity contribution in [2.24, 2.45) is 11.8 Å². The van der Waals surface area contributed by atoms with Crippen LogP contribution in [0, 0.1) is 22.0 Å². The van der Waals surface area contributed by atoms with E-state index in [-0.39, 0.29) is 23.2 Å². The van der Waals surface area contributed by atoms with E-state index in [2.05, 4.69) is 15.5 Å². The molecule has 32 heavy (non-hydrogen) atoms. The molecule has 176 valence electrons. The zero-order chi connectivity index (χ0) is 22.7. The lowest BCUT2D eigenvalue weighted by molar-refractivity contribution is -0.384. The number of nitro benzene ring substituents is 1. The Kier molecular flexibility index (Phi) is 7.18. The molecule has 1 atom stereocenters. The minimum atomic E-state index is -0.451. The van der Waals surface area contributed by atoms with Crippen molar-refractivity contribution in [3.05, 3.63) is 27.8 Å². The summed E-state index contributed by atoms with van der Waals surface area (Å²) in [7, 11) is 1.49. The molecule has 1 aromatic rings. The van der Waals surface area contributed by atoms with Gasteiger partial charge >= 0.3 is 0 Å². The van der Waals surface area contributed by atoms with Crippen LogP contribution in [-0.4, -0.2) is 54.6 Å². The summed E-state index contributed by atoms with van der Waals surface area (Å²) in [5.41, 5.74) is 0.489. The Balaban J connectivity index is 1.45. The highest BCUT2D eigenvalue weighted by Crippen LogP contribution is 2.43. The quantitative estimate of drug-likeness (QED) is 0.461. The van der Waals surface area contributed by atoms with E-state index in [9.17, 15) is 14.9 Å². The molecule has 0 spiro atoms. The SMILES string of the molecule is CCCNc1cc(OC)c(C(=O)N[C@H]2CCN(C3C4CCCC3CCC4)C2)cc1[N+](=O)[O-]. The molecule has 4 rings (SSSR count). The van der Waals surface area contributed by atoms with Crippen LogP contribution in [0.4, 0.5) is 11.4 Å². The number of methoxy groups -OCH3 is 1. The summed E-state index contributed by atoms with van der Waals surface area (Å²) in [4.78, 5) is 26.9. The monoisotopic (exact) mass is 444 g/mol. The Bertz CT molecular complexity index is 824. The van der Waals surface area contributed by atoms with Crippen molar-refractivity contribution in [2.45, 2.75) is 70.4 Å². The molecule has 0 radical (unpaired) electrons. The first-order chi connectivity index (χ1) is 15.5. The molecule has 1 amide bonds. The van der Waals surface area contributed by atoms with Gasteiger partial charge in [-0.2, -0.15) is 0 Å². The second-order valence-electron chi connectivity index (χ2n) is 9.58. The number of carbonyl (C=O) groups is 1. The van der Waals surface area contributed by atoms with Gasteiger partial charge in [-0.3, -0.25) is 19.8 Å². The van der Waals surface area contributed by atoms with Crippen LogP contribution in [0.25, 0.3) is 0 Å². The Morgan fingerprint density at radius 2 is 1.88 bits per heavy atom. The minimum Gasteiger partial charge on any atom is -0.496 e. The first kappa shape index (κ1) is 22.8. The van der Waals surface area contributed by atoms with Gasteiger partial charge in [-0.25, -0.2) is 0 Å². The van der Waals surface area contributed by atoms with Gasteiger partial charge in [-0.05, 0) is 50.4 Å². The van der Waals surface area contributed by atoms with Gasteiger partial charge in [-0.15, -0.1) is 0 Å². The highest BCUT2D eigenvalue weighted by Gasteiger charge is 2.42. The number of hydrogen-bond acceptors (Lipinski definition) is 6. The molecular formula is C24H36N4O4. The van der Waals surface area contributed by atoms with Crippen molar-refractivity contribution in [2.75, 3.05) is 32.1 Å². The van der Waals surface area contributed by atoms with Gasteiger partial charge in [0.1, 0.15) is 11.4 Å². The van der Waals surface area contributed by atoms with Gasteiger partial charge in [0, 0.05) is 43.9 Å². The van der Waals surface area contributed by atoms with Crippen LogP contribution in [0.2, 0.25) is 0 Å². The van der Waals surface area contributed by atoms with Crippen molar-refractivity contribution in [1.29, 1.82) is 0 Å². The van der Waals surface area contributed by atoms with Gasteiger partial charge in [-0.1, -0.05) is 19.8 Å². The molecule has 0 aromatic heterocycles. The highest BCUT2D eigenvalue weighted by molar-refractivity contribution is 5.99. The number of nitrogens with one attached hydrogen (secondary N) is 2. The van der Waals surface area contributed by atoms with E-state index < -0.39 is 4.92 Å². The lowest BCUT2D eigenvalue weighted by Gasteiger charge is -2.47. The maximum Gasteiger partial charge on any atom is 0.293 e. The smallest absolute Gasteiger partial charge is 0.293 e. The summed E-state index contributed by atoms with van der Waals surface area (Å²) >= 11 is 0. The van der Waals surface area contributed by atoms with Gasteiger partial charge in [0.15, 0.2) is 0 Å². The van der Waals surface area contributed by atoms with Crippen LogP contribution in [-0.2, 0) is 0 Å². The van der Waals surface area contributed by atoms with Gasteiger partial charge in [0.2, 0.25) is 0 Å². The largest absolute Gasteiger partial charge is 0.496 e. The third kappa shape index (κ3) is 4.70. The molecule has 2 saturated carbocycles. The average Bonchev–Trinajstić information content (AvgIpc) is 3.24. The summed E-state index contributed by atoms with van der Waals surface area (Å²) in [6.07, 6.45) is 9.85. The lowest BCUT2D eigenvalue weighted by atomic mass is 9.68. The zero-order valence-corrected chi connectivity index (χ0v) is 19.3. The van der Waals surface area contributed by atoms with Crippen LogP contribution < -0.4 is 15.4 Å². The van der Waals surface area contributed by atoms with Crippen LogP contribution in [0.1, 0.15) is 68.6 Å². The number of anilines is 1. The third-order valence-corrected chi connectivity index (χ3v) is 7.57. The normalized spacial score (nSPS) is 27.7. The standard InChI is InChI=1S/C24H36N4O4/c1-3-11-25-20-14-22(32-2)19(13-21(20)28(30)31)24(29)26-18-10-12-27(15-18)23-16-6-4-7-17(23)9-5-8-16/h13-14,16-18,23,25H,3-12,15H2,1-2H3,(H,26,29)/t16?,17?,18-,23?/m0/s1. The van der Waals surface area contributed by atoms with E-state index >= 15 is 0 Å². The van der Waals surface area contributed by atoms with Crippen molar-refractivity contribution < 1.29 is 14.5 Å². The predicted octanol–water partition coefficient (Wildman–Crippen LogP) is 4.20. The first-order valence-corrected chi connectivity index (χ1v) is 12.2. The van der Waals surface area contributed by atoms with Crippen LogP contribution in [0.15, 0.2) is 12.1 Å². The number of benzene rings is 1. The first-order valence-electron chi connectivity index (χ1n) is 12.2. The fraction of sp³-hybridized carbons (Fsp3) is 0.708. The fourth-order valence-electron chi connectivity index (χ4n) is 6.14. The van der Waals surface area contributed by atoms with Gasteiger partial charge < -0.3 is 15.4 Å². The molecule has 3 aliphatic rings. The van der Waals surface area contributed by atoms with Gasteiger partial charge in [0.25, 0.3) is 11.6 Å². The third-order valence-electron chi connectivity index (χ3n) is 7.57. The van der Waals surface area contributed by atoms with Crippen molar-refractivity contribution in [3.8, 4) is 5.75 Å². The van der Waals surface area contributed by atoms with Crippen molar-refractivity contribution >= 4 is 17.3 Å². The van der Waals surface area contributed by atoms with E-state index in [1.54, 1.807) is 6.07 Å². The maximum atomic E-state index is 13.1. The number of likely N-dealkylation sites (tertiary alicyclic amines) is 1. The number of nitro groups is 1. The fourth-order valence-corrected chi connectivity index (χ4v) is 6.14. The zero-order valence-electron chi connectivity index (χ0n) is 19.3. The molecule has 2 N–H and O–H groups in total. The topological polar surface area (TPSA) is 96.7 Å². The molecule has 2 bridgehead atoms. The molecule has 3 fully saturated rings. The number of ether oxygens (including phenoxy) is 1. The minimum absolute atomic E-state index is 0.0619. The number of nitrogens with zero attached hydrogens (tertiary/aromatic N) is 2. The van der Waals surface area contributed by atoms with E-state index in [0.717, 1.165) is 37.8 Å². The molecule has 8 heteroatoms. The molecule has 1 aliphatic heterocycles. The summed E-state index contributed by atoms with van der Waals surface area (Å²) in [6.45, 7) is 4.48. The number of rotatable bonds is 8. The molecule has 1 aromatic carbocycles. The Hall–Kier alpha value is -2.35. The molecule has 2 aliphatic carbocycles. The number of amides is 1. The number of fused-ring (bicyclic) bond motifs is 2. The van der Waals surface area contributed by atoms with Crippen LogP contribution >= 0.6 is 0 Å². The molecule has 8 nitrogen and oxygen atoms in total. The molecule has 0 unspecified atom stereocenters. The van der Waals surface area contributed by atoms with Crippen LogP contribution in [0.5, 0.6) is 5.75 Å². The second-order valence-corrected chi connectivity index (χ2v) is 9.58. The van der Waals surface area contributed by atoms with Crippen molar-refractivity contribution in [1.82, 2.24) is 10.2 Å². The van der Waals surface area contributed by atoms with Gasteiger partial charge in [0.05, 0.1) is 17.6 Å². The Morgan fingerprint density at radius 1 is 1.19 bits per heavy atom. The second kappa shape index (κ2) is 10.1. The van der Waals surface area contributed by atoms with E-state index in [0.29, 0.717) is 24.0 Å². The lowest BCUT2D eigenvalue weighted by Crippen LogP contribution is -2.50. The Labute approximate surface area is 190 Å². The highest BCUT2D eigenvalue weighted by atomic mass is 16.6. The molecular weight excluding hydrogens is 408 g/mol. The predicted molar refractivity (Wildman–Crippen MR) is 124 cm³/mol. The summed E-state index contributed by atoms with van der Waals surface area (Å²) in [5.74, 6) is 1.66. The summed E-state index contributed by atoms with van der Waals surface area (Å²) in [5, 5.41) is 17.8. The summed E-state index contributed by atoms with van der Waals surface area (Å²) in [6, 6.07) is 3.63. The Morgan fingerprint density at radius 3 is 2.47 bits per heavy atom. The summed E-state index contributed by atoms with van der Waals surface area (Å²) < 4.78 is 5.42. The maximum absolute atomic E-state index is 13.1. The van der Waals surface area contributed by atoms with E-state index in [1.807, 2.05) is 6.92 Å². The van der Waals surface area contributed by atoms with E-state index in [4.69, 9.17) is 4.74 Å². The average molecular weight is 445 g/mol. The van der Waals surface area contributed by atoms with E-state index in [1.165, 1.54) is 51.7 Å². The number of carbonyl (C=O) groups excluding carboxylic acids is 1.